The number of nitrogens with zero attached hydrogens (tertiary/aromatic N) is 2. The normalized spacial score (nSPS) is 11.6. The van der Waals surface area contributed by atoms with Gasteiger partial charge in [-0.05, 0) is 18.6 Å². The fraction of sp³-hybridized carbons (Fsp3) is 0.364. The van der Waals surface area contributed by atoms with Gasteiger partial charge in [-0.1, -0.05) is 0 Å². The summed E-state index contributed by atoms with van der Waals surface area (Å²) in [6.45, 7) is 0.481. The molecule has 0 aliphatic heterocycles. The Morgan fingerprint density at radius 1 is 1.56 bits per heavy atom. The molecule has 0 fully saturated rings. The lowest BCUT2D eigenvalue weighted by molar-refractivity contribution is -0.384. The molecular formula is C11H13N3O3S. The molecule has 1 unspecified atom stereocenters. The van der Waals surface area contributed by atoms with Crippen LogP contribution in [0.15, 0.2) is 18.2 Å². The average Bonchev–Trinajstić information content (AvgIpc) is 2.33. The molecular weight excluding hydrogens is 254 g/mol. The molecule has 0 amide bonds. The number of hydrogen-bond donors (Lipinski definition) is 1. The number of anilines is 1. The third-order valence-corrected chi connectivity index (χ3v) is 3.11. The van der Waals surface area contributed by atoms with E-state index in [2.05, 4.69) is 5.32 Å². The van der Waals surface area contributed by atoms with E-state index in [-0.39, 0.29) is 5.69 Å². The maximum atomic E-state index is 10.9. The van der Waals surface area contributed by atoms with Gasteiger partial charge in [-0.15, -0.1) is 0 Å². The van der Waals surface area contributed by atoms with E-state index in [1.165, 1.54) is 18.2 Å². The maximum Gasteiger partial charge on any atom is 0.292 e. The van der Waals surface area contributed by atoms with E-state index in [1.54, 1.807) is 6.26 Å². The highest BCUT2D eigenvalue weighted by Crippen LogP contribution is 2.25. The zero-order valence-electron chi connectivity index (χ0n) is 9.88. The standard InChI is InChI=1S/C11H13N3O3S/c1-18(17)6-2-5-13-10-7-9(8-12)3-4-11(10)14(15)16/h3-4,7,13H,2,5-6H2,1H3. The third kappa shape index (κ3) is 4.14. The van der Waals surface area contributed by atoms with Crippen LogP contribution in [0.1, 0.15) is 12.0 Å². The minimum Gasteiger partial charge on any atom is -0.379 e. The largest absolute Gasteiger partial charge is 0.379 e. The summed E-state index contributed by atoms with van der Waals surface area (Å²) in [4.78, 5) is 10.3. The number of nitrogens with one attached hydrogen (secondary N) is 1. The van der Waals surface area contributed by atoms with Crippen LogP contribution in [0.2, 0.25) is 0 Å². The van der Waals surface area contributed by atoms with Crippen LogP contribution in [0.5, 0.6) is 0 Å². The molecule has 1 rings (SSSR count). The minimum atomic E-state index is -0.870. The Morgan fingerprint density at radius 3 is 2.83 bits per heavy atom. The lowest BCUT2D eigenvalue weighted by atomic mass is 10.2. The predicted octanol–water partition coefficient (Wildman–Crippen LogP) is 1.65. The number of benzene rings is 1. The van der Waals surface area contributed by atoms with E-state index in [9.17, 15) is 14.3 Å². The Kier molecular flexibility index (Phi) is 5.27. The van der Waals surface area contributed by atoms with Crippen LogP contribution >= 0.6 is 0 Å². The van der Waals surface area contributed by atoms with Crippen LogP contribution in [-0.4, -0.2) is 27.7 Å². The summed E-state index contributed by atoms with van der Waals surface area (Å²) in [5.74, 6) is 0.540. The second-order valence-electron chi connectivity index (χ2n) is 3.66. The molecule has 1 N–H and O–H groups in total. The van der Waals surface area contributed by atoms with Gasteiger partial charge < -0.3 is 5.32 Å². The number of nitriles is 1. The van der Waals surface area contributed by atoms with Gasteiger partial charge in [0, 0.05) is 35.4 Å². The molecule has 0 heterocycles. The first-order valence-corrected chi connectivity index (χ1v) is 6.99. The summed E-state index contributed by atoms with van der Waals surface area (Å²) in [6, 6.07) is 6.09. The summed E-state index contributed by atoms with van der Waals surface area (Å²) in [7, 11) is -0.870. The number of nitro groups is 1. The molecule has 1 aromatic carbocycles. The molecule has 0 aromatic heterocycles. The highest BCUT2D eigenvalue weighted by atomic mass is 32.2. The molecule has 1 atom stereocenters. The van der Waals surface area contributed by atoms with Crippen LogP contribution in [0, 0.1) is 21.4 Å². The molecule has 0 spiro atoms. The minimum absolute atomic E-state index is 0.0633. The van der Waals surface area contributed by atoms with Crippen molar-refractivity contribution >= 4 is 22.2 Å². The summed E-state index contributed by atoms with van der Waals surface area (Å²) in [5, 5.41) is 22.4. The second kappa shape index (κ2) is 6.71. The number of nitro benzene ring substituents is 1. The van der Waals surface area contributed by atoms with Gasteiger partial charge >= 0.3 is 0 Å². The van der Waals surface area contributed by atoms with Gasteiger partial charge in [-0.2, -0.15) is 5.26 Å². The third-order valence-electron chi connectivity index (χ3n) is 2.25. The Bertz CT molecular complexity index is 511. The lowest BCUT2D eigenvalue weighted by Crippen LogP contribution is -2.07. The summed E-state index contributed by atoms with van der Waals surface area (Å²) < 4.78 is 10.9. The van der Waals surface area contributed by atoms with Crippen molar-refractivity contribution in [1.82, 2.24) is 0 Å². The van der Waals surface area contributed by atoms with Gasteiger partial charge in [0.25, 0.3) is 5.69 Å². The van der Waals surface area contributed by atoms with Crippen LogP contribution in [0.3, 0.4) is 0 Å². The van der Waals surface area contributed by atoms with Crippen molar-refractivity contribution < 1.29 is 9.13 Å². The second-order valence-corrected chi connectivity index (χ2v) is 5.21. The average molecular weight is 267 g/mol. The molecule has 0 bridgehead atoms. The highest BCUT2D eigenvalue weighted by Gasteiger charge is 2.13. The van der Waals surface area contributed by atoms with Crippen molar-refractivity contribution in [2.75, 3.05) is 23.9 Å². The Labute approximate surface area is 107 Å². The molecule has 18 heavy (non-hydrogen) atoms. The van der Waals surface area contributed by atoms with Gasteiger partial charge in [-0.3, -0.25) is 14.3 Å². The van der Waals surface area contributed by atoms with Gasteiger partial charge in [0.2, 0.25) is 0 Å². The zero-order chi connectivity index (χ0) is 13.5. The van der Waals surface area contributed by atoms with Gasteiger partial charge in [0.15, 0.2) is 0 Å². The van der Waals surface area contributed by atoms with Crippen molar-refractivity contribution in [2.45, 2.75) is 6.42 Å². The van der Waals surface area contributed by atoms with E-state index >= 15 is 0 Å². The SMILES string of the molecule is CS(=O)CCCNc1cc(C#N)ccc1[N+](=O)[O-]. The Morgan fingerprint density at radius 2 is 2.28 bits per heavy atom. The Hall–Kier alpha value is -1.94. The van der Waals surface area contributed by atoms with Crippen LogP contribution in [-0.2, 0) is 10.8 Å². The van der Waals surface area contributed by atoms with Gasteiger partial charge in [-0.25, -0.2) is 0 Å². The van der Waals surface area contributed by atoms with E-state index in [4.69, 9.17) is 5.26 Å². The van der Waals surface area contributed by atoms with E-state index < -0.39 is 15.7 Å². The van der Waals surface area contributed by atoms with Crippen molar-refractivity contribution in [3.05, 3.63) is 33.9 Å². The predicted molar refractivity (Wildman–Crippen MR) is 69.9 cm³/mol. The van der Waals surface area contributed by atoms with Gasteiger partial charge in [0.1, 0.15) is 5.69 Å². The van der Waals surface area contributed by atoms with Crippen molar-refractivity contribution in [3.63, 3.8) is 0 Å². The van der Waals surface area contributed by atoms with Crippen molar-refractivity contribution in [1.29, 1.82) is 5.26 Å². The topological polar surface area (TPSA) is 96.0 Å². The quantitative estimate of drug-likeness (QED) is 0.480. The monoisotopic (exact) mass is 267 g/mol. The first-order valence-electron chi connectivity index (χ1n) is 5.27. The molecule has 0 saturated carbocycles. The first kappa shape index (κ1) is 14.1. The first-order chi connectivity index (χ1) is 8.54. The van der Waals surface area contributed by atoms with Crippen molar-refractivity contribution in [2.24, 2.45) is 0 Å². The molecule has 0 aliphatic rings. The smallest absolute Gasteiger partial charge is 0.292 e. The number of rotatable bonds is 6. The molecule has 96 valence electrons. The maximum absolute atomic E-state index is 10.9. The van der Waals surface area contributed by atoms with Crippen LogP contribution in [0.25, 0.3) is 0 Å². The summed E-state index contributed by atoms with van der Waals surface area (Å²) in [6.07, 6.45) is 2.26. The van der Waals surface area contributed by atoms with E-state index in [0.717, 1.165) is 0 Å². The fourth-order valence-electron chi connectivity index (χ4n) is 1.40. The highest BCUT2D eigenvalue weighted by molar-refractivity contribution is 7.84. The summed E-state index contributed by atoms with van der Waals surface area (Å²) in [5.41, 5.74) is 0.620. The fourth-order valence-corrected chi connectivity index (χ4v) is 1.96. The van der Waals surface area contributed by atoms with Crippen LogP contribution < -0.4 is 5.32 Å². The zero-order valence-corrected chi connectivity index (χ0v) is 10.7. The molecule has 6 nitrogen and oxygen atoms in total. The van der Waals surface area contributed by atoms with Crippen LogP contribution in [0.4, 0.5) is 11.4 Å². The van der Waals surface area contributed by atoms with Crippen molar-refractivity contribution in [3.8, 4) is 6.07 Å². The lowest BCUT2D eigenvalue weighted by Gasteiger charge is -2.06. The summed E-state index contributed by atoms with van der Waals surface area (Å²) >= 11 is 0. The molecule has 0 aliphatic carbocycles. The molecule has 0 saturated heterocycles. The van der Waals surface area contributed by atoms with Gasteiger partial charge in [0.05, 0.1) is 16.6 Å². The Balaban J connectivity index is 2.75. The molecule has 7 heteroatoms. The number of hydrogen-bond acceptors (Lipinski definition) is 5. The van der Waals surface area contributed by atoms with E-state index in [0.29, 0.717) is 30.0 Å². The van der Waals surface area contributed by atoms with E-state index in [1.807, 2.05) is 6.07 Å². The molecule has 0 radical (unpaired) electrons. The molecule has 1 aromatic rings.